The van der Waals surface area contributed by atoms with Gasteiger partial charge in [0.15, 0.2) is 5.67 Å². The van der Waals surface area contributed by atoms with Crippen LogP contribution >= 0.6 is 11.6 Å². The Hall–Kier alpha value is -3.49. The van der Waals surface area contributed by atoms with Crippen LogP contribution in [0.1, 0.15) is 53.5 Å². The molecule has 3 fully saturated rings. The number of carbonyl (C=O) groups excluding carboxylic acids is 1. The van der Waals surface area contributed by atoms with Crippen LogP contribution in [0.25, 0.3) is 5.65 Å². The molecular formula is C29H27ClFN5O2. The third kappa shape index (κ3) is 4.52. The van der Waals surface area contributed by atoms with Gasteiger partial charge in [-0.05, 0) is 66.5 Å². The molecule has 0 unspecified atom stereocenters. The van der Waals surface area contributed by atoms with Crippen molar-refractivity contribution in [2.24, 2.45) is 5.92 Å². The van der Waals surface area contributed by atoms with Crippen molar-refractivity contribution in [3.05, 3.63) is 88.5 Å². The number of nitrogens with zero attached hydrogens (tertiary/aromatic N) is 3. The molecule has 9 heteroatoms. The number of anilines is 2. The zero-order chi connectivity index (χ0) is 25.9. The van der Waals surface area contributed by atoms with E-state index in [4.69, 9.17) is 21.3 Å². The van der Waals surface area contributed by atoms with E-state index >= 15 is 4.39 Å². The van der Waals surface area contributed by atoms with E-state index in [2.05, 4.69) is 21.8 Å². The molecule has 3 aliphatic rings. The summed E-state index contributed by atoms with van der Waals surface area (Å²) in [7, 11) is 0. The second-order valence-electron chi connectivity index (χ2n) is 10.7. The van der Waals surface area contributed by atoms with E-state index in [-0.39, 0.29) is 31.0 Å². The van der Waals surface area contributed by atoms with Crippen molar-refractivity contribution in [2.45, 2.75) is 43.3 Å². The Morgan fingerprint density at radius 1 is 1.16 bits per heavy atom. The van der Waals surface area contributed by atoms with Crippen molar-refractivity contribution in [1.29, 1.82) is 0 Å². The lowest BCUT2D eigenvalue weighted by Gasteiger charge is -2.34. The van der Waals surface area contributed by atoms with E-state index in [9.17, 15) is 4.79 Å². The van der Waals surface area contributed by atoms with Crippen LogP contribution < -0.4 is 10.6 Å². The summed E-state index contributed by atoms with van der Waals surface area (Å²) in [6, 6.07) is 13.3. The minimum absolute atomic E-state index is 0.0425. The maximum absolute atomic E-state index is 15.4. The van der Waals surface area contributed by atoms with Crippen LogP contribution in [0.5, 0.6) is 0 Å². The van der Waals surface area contributed by atoms with Crippen LogP contribution in [0.2, 0.25) is 5.02 Å². The topological polar surface area (TPSA) is 80.6 Å². The van der Waals surface area contributed by atoms with Crippen LogP contribution in [0.3, 0.4) is 0 Å². The molecule has 2 atom stereocenters. The summed E-state index contributed by atoms with van der Waals surface area (Å²) in [5, 5.41) is 6.98. The minimum atomic E-state index is -1.48. The first-order chi connectivity index (χ1) is 18.4. The Morgan fingerprint density at radius 3 is 2.79 bits per heavy atom. The van der Waals surface area contributed by atoms with Gasteiger partial charge in [-0.25, -0.2) is 14.4 Å². The Labute approximate surface area is 224 Å². The van der Waals surface area contributed by atoms with Gasteiger partial charge in [-0.2, -0.15) is 0 Å². The quantitative estimate of drug-likeness (QED) is 0.300. The van der Waals surface area contributed by atoms with Crippen LogP contribution in [-0.4, -0.2) is 33.5 Å². The fourth-order valence-corrected chi connectivity index (χ4v) is 5.47. The number of halogens is 2. The first-order valence-corrected chi connectivity index (χ1v) is 13.4. The predicted molar refractivity (Wildman–Crippen MR) is 143 cm³/mol. The Bertz CT molecular complexity index is 1550. The number of rotatable bonds is 8. The molecule has 3 aromatic heterocycles. The number of alkyl halides is 1. The number of imidazole rings is 1. The van der Waals surface area contributed by atoms with Crippen LogP contribution in [0.15, 0.2) is 61.1 Å². The van der Waals surface area contributed by atoms with Gasteiger partial charge in [0.05, 0.1) is 25.5 Å². The molecule has 1 aromatic carbocycles. The number of amides is 1. The SMILES string of the molecule is O=C(Nc1cc(NCc2cn3cc(C4CC4)cc(C4(F)COC4)c3n2)ccn1)[C@H]1C[C@@H]1c1cccc(Cl)c1. The van der Waals surface area contributed by atoms with E-state index in [0.717, 1.165) is 41.8 Å². The van der Waals surface area contributed by atoms with E-state index in [1.54, 1.807) is 6.20 Å². The normalized spacial score (nSPS) is 21.6. The van der Waals surface area contributed by atoms with Crippen molar-refractivity contribution >= 4 is 34.7 Å². The fourth-order valence-electron chi connectivity index (χ4n) is 5.27. The van der Waals surface area contributed by atoms with Crippen LogP contribution in [-0.2, 0) is 21.7 Å². The van der Waals surface area contributed by atoms with Gasteiger partial charge in [-0.1, -0.05) is 23.7 Å². The number of nitrogens with one attached hydrogen (secondary N) is 2. The highest BCUT2D eigenvalue weighted by molar-refractivity contribution is 6.30. The lowest BCUT2D eigenvalue weighted by Crippen LogP contribution is -2.43. The summed E-state index contributed by atoms with van der Waals surface area (Å²) >= 11 is 6.10. The molecule has 1 saturated heterocycles. The first-order valence-electron chi connectivity index (χ1n) is 13.0. The van der Waals surface area contributed by atoms with Crippen molar-refractivity contribution in [3.8, 4) is 0 Å². The van der Waals surface area contributed by atoms with Gasteiger partial charge in [0.2, 0.25) is 5.91 Å². The van der Waals surface area contributed by atoms with E-state index in [1.807, 2.05) is 53.1 Å². The van der Waals surface area contributed by atoms with Crippen LogP contribution in [0.4, 0.5) is 15.9 Å². The van der Waals surface area contributed by atoms with Gasteiger partial charge in [-0.15, -0.1) is 0 Å². The molecule has 4 heterocycles. The lowest BCUT2D eigenvalue weighted by atomic mass is 9.93. The first kappa shape index (κ1) is 23.6. The summed E-state index contributed by atoms with van der Waals surface area (Å²) < 4.78 is 22.5. The highest BCUT2D eigenvalue weighted by Crippen LogP contribution is 2.48. The van der Waals surface area contributed by atoms with E-state index < -0.39 is 5.67 Å². The molecule has 2 saturated carbocycles. The summed E-state index contributed by atoms with van der Waals surface area (Å²) in [5.41, 5.74) is 3.63. The standard InChI is InChI=1S/C29H27ClFN5O2/c30-20-3-1-2-18(8-20)23-11-24(23)28(37)35-26-10-21(6-7-32-26)33-12-22-14-36-13-19(17-4-5-17)9-25(27(36)34-22)29(31)15-38-16-29/h1-3,6-10,13-14,17,23-24H,4-5,11-12,15-16H2,(H2,32,33,35,37)/t23-,24+/m1/s1. The molecule has 194 valence electrons. The summed E-state index contributed by atoms with van der Waals surface area (Å²) in [4.78, 5) is 21.9. The molecule has 2 aliphatic carbocycles. The number of ether oxygens (including phenoxy) is 1. The average Bonchev–Trinajstić information content (AvgIpc) is 3.82. The summed E-state index contributed by atoms with van der Waals surface area (Å²) in [6.07, 6.45) is 8.78. The third-order valence-corrected chi connectivity index (χ3v) is 7.94. The zero-order valence-corrected chi connectivity index (χ0v) is 21.4. The largest absolute Gasteiger partial charge is 0.379 e. The number of pyridine rings is 2. The minimum Gasteiger partial charge on any atom is -0.379 e. The Morgan fingerprint density at radius 2 is 2.03 bits per heavy atom. The smallest absolute Gasteiger partial charge is 0.229 e. The highest BCUT2D eigenvalue weighted by atomic mass is 35.5. The number of aromatic nitrogens is 3. The second kappa shape index (κ2) is 9.06. The van der Waals surface area contributed by atoms with E-state index in [1.165, 1.54) is 0 Å². The molecule has 1 amide bonds. The molecule has 2 N–H and O–H groups in total. The number of carbonyl (C=O) groups is 1. The highest BCUT2D eigenvalue weighted by Gasteiger charge is 2.44. The molecule has 4 aromatic rings. The van der Waals surface area contributed by atoms with Crippen molar-refractivity contribution in [3.63, 3.8) is 0 Å². The average molecular weight is 532 g/mol. The molecule has 7 nitrogen and oxygen atoms in total. The van der Waals surface area contributed by atoms with Crippen molar-refractivity contribution in [2.75, 3.05) is 23.8 Å². The third-order valence-electron chi connectivity index (χ3n) is 7.70. The number of hydrogen-bond donors (Lipinski definition) is 2. The maximum Gasteiger partial charge on any atom is 0.229 e. The molecule has 7 rings (SSSR count). The Balaban J connectivity index is 1.03. The van der Waals surface area contributed by atoms with Gasteiger partial charge < -0.3 is 19.8 Å². The molecule has 38 heavy (non-hydrogen) atoms. The Kier molecular flexibility index (Phi) is 5.63. The molecular weight excluding hydrogens is 505 g/mol. The summed E-state index contributed by atoms with van der Waals surface area (Å²) in [5.74, 6) is 1.06. The molecule has 0 bridgehead atoms. The van der Waals surface area contributed by atoms with E-state index in [0.29, 0.717) is 34.5 Å². The molecule has 0 radical (unpaired) electrons. The van der Waals surface area contributed by atoms with Gasteiger partial charge in [0.1, 0.15) is 11.5 Å². The summed E-state index contributed by atoms with van der Waals surface area (Å²) in [6.45, 7) is 0.597. The van der Waals surface area contributed by atoms with Crippen molar-refractivity contribution < 1.29 is 13.9 Å². The predicted octanol–water partition coefficient (Wildman–Crippen LogP) is 5.81. The molecule has 0 spiro atoms. The number of benzene rings is 1. The maximum atomic E-state index is 15.4. The fraction of sp³-hybridized carbons (Fsp3) is 0.345. The molecule has 1 aliphatic heterocycles. The van der Waals surface area contributed by atoms with Gasteiger partial charge >= 0.3 is 0 Å². The second-order valence-corrected chi connectivity index (χ2v) is 11.1. The van der Waals surface area contributed by atoms with Gasteiger partial charge in [0.25, 0.3) is 0 Å². The number of hydrogen-bond acceptors (Lipinski definition) is 5. The zero-order valence-electron chi connectivity index (χ0n) is 20.7. The number of fused-ring (bicyclic) bond motifs is 1. The lowest BCUT2D eigenvalue weighted by molar-refractivity contribution is -0.134. The monoisotopic (exact) mass is 531 g/mol. The van der Waals surface area contributed by atoms with Crippen LogP contribution in [0, 0.1) is 5.92 Å². The van der Waals surface area contributed by atoms with Gasteiger partial charge in [0, 0.05) is 46.8 Å². The van der Waals surface area contributed by atoms with Gasteiger partial charge in [-0.3, -0.25) is 4.79 Å². The van der Waals surface area contributed by atoms with Crippen molar-refractivity contribution in [1.82, 2.24) is 14.4 Å².